The second-order valence-electron chi connectivity index (χ2n) is 8.06. The molecule has 0 bridgehead atoms. The number of amides is 2. The third-order valence-corrected chi connectivity index (χ3v) is 6.20. The van der Waals surface area contributed by atoms with Crippen LogP contribution in [0.1, 0.15) is 42.6 Å². The maximum absolute atomic E-state index is 12.1. The fourth-order valence-electron chi connectivity index (χ4n) is 4.66. The van der Waals surface area contributed by atoms with Gasteiger partial charge in [-0.1, -0.05) is 5.92 Å². The first-order valence-electron chi connectivity index (χ1n) is 9.91. The lowest BCUT2D eigenvalue weighted by atomic mass is 9.65. The van der Waals surface area contributed by atoms with Crippen molar-refractivity contribution in [3.05, 3.63) is 29.8 Å². The standard InChI is InChI=1S/C22H25N5O3/c1-3-4-17(28)26-10-9-22(13-26)11-15(12-22)27-20(23)18(21(24)29)19(25-27)14-5-7-16(30-2)8-6-14/h5-8,15H,9-13,23H2,1-2H3,(H2,24,29)/t15-,22-. The number of anilines is 1. The summed E-state index contributed by atoms with van der Waals surface area (Å²) in [5.74, 6) is 5.56. The molecular formula is C22H25N5O3. The molecular weight excluding hydrogens is 382 g/mol. The minimum atomic E-state index is -0.602. The number of benzene rings is 1. The third-order valence-electron chi connectivity index (χ3n) is 6.20. The van der Waals surface area contributed by atoms with Crippen molar-refractivity contribution in [3.63, 3.8) is 0 Å². The Morgan fingerprint density at radius 3 is 2.57 bits per heavy atom. The topological polar surface area (TPSA) is 116 Å². The van der Waals surface area contributed by atoms with Gasteiger partial charge >= 0.3 is 0 Å². The van der Waals surface area contributed by atoms with E-state index in [2.05, 4.69) is 16.9 Å². The lowest BCUT2D eigenvalue weighted by Crippen LogP contribution is -2.42. The highest BCUT2D eigenvalue weighted by Gasteiger charge is 2.51. The van der Waals surface area contributed by atoms with Crippen LogP contribution < -0.4 is 16.2 Å². The maximum atomic E-state index is 12.1. The summed E-state index contributed by atoms with van der Waals surface area (Å²) in [6.45, 7) is 3.09. The van der Waals surface area contributed by atoms with Gasteiger partial charge in [-0.2, -0.15) is 5.10 Å². The van der Waals surface area contributed by atoms with E-state index in [9.17, 15) is 9.59 Å². The lowest BCUT2D eigenvalue weighted by molar-refractivity contribution is -0.125. The normalized spacial score (nSPS) is 22.3. The second kappa shape index (κ2) is 7.41. The molecule has 1 aromatic carbocycles. The number of hydrogen-bond donors (Lipinski definition) is 2. The number of carbonyl (C=O) groups is 2. The molecule has 1 aliphatic heterocycles. The minimum absolute atomic E-state index is 0.0707. The Balaban J connectivity index is 1.57. The number of primary amides is 1. The monoisotopic (exact) mass is 407 g/mol. The summed E-state index contributed by atoms with van der Waals surface area (Å²) in [5.41, 5.74) is 13.5. The van der Waals surface area contributed by atoms with Crippen LogP contribution in [0.15, 0.2) is 24.3 Å². The second-order valence-corrected chi connectivity index (χ2v) is 8.06. The first-order valence-corrected chi connectivity index (χ1v) is 9.91. The van der Waals surface area contributed by atoms with E-state index in [1.807, 2.05) is 17.0 Å². The Kier molecular flexibility index (Phi) is 4.90. The summed E-state index contributed by atoms with van der Waals surface area (Å²) >= 11 is 0. The van der Waals surface area contributed by atoms with Gasteiger partial charge in [0.15, 0.2) is 0 Å². The summed E-state index contributed by atoms with van der Waals surface area (Å²) in [5, 5.41) is 4.66. The van der Waals surface area contributed by atoms with E-state index in [-0.39, 0.29) is 28.7 Å². The van der Waals surface area contributed by atoms with Gasteiger partial charge < -0.3 is 21.1 Å². The maximum Gasteiger partial charge on any atom is 0.298 e. The first-order chi connectivity index (χ1) is 14.4. The van der Waals surface area contributed by atoms with Crippen molar-refractivity contribution >= 4 is 17.6 Å². The number of rotatable bonds is 4. The quantitative estimate of drug-likeness (QED) is 0.750. The number of aromatic nitrogens is 2. The highest BCUT2D eigenvalue weighted by atomic mass is 16.5. The number of ether oxygens (including phenoxy) is 1. The molecule has 2 amide bonds. The summed E-state index contributed by atoms with van der Waals surface area (Å²) in [6, 6.07) is 7.33. The lowest BCUT2D eigenvalue weighted by Gasteiger charge is -2.45. The number of methoxy groups -OCH3 is 1. The molecule has 8 heteroatoms. The van der Waals surface area contributed by atoms with Gasteiger partial charge in [0.1, 0.15) is 22.8 Å². The van der Waals surface area contributed by atoms with Crippen LogP contribution >= 0.6 is 0 Å². The number of carbonyl (C=O) groups excluding carboxylic acids is 2. The molecule has 2 aliphatic rings. The number of nitrogens with zero attached hydrogens (tertiary/aromatic N) is 3. The van der Waals surface area contributed by atoms with E-state index < -0.39 is 5.91 Å². The summed E-state index contributed by atoms with van der Waals surface area (Å²) in [6.07, 6.45) is 2.64. The smallest absolute Gasteiger partial charge is 0.298 e. The summed E-state index contributed by atoms with van der Waals surface area (Å²) in [4.78, 5) is 26.0. The van der Waals surface area contributed by atoms with Gasteiger partial charge in [-0.15, -0.1) is 0 Å². The molecule has 1 aliphatic carbocycles. The minimum Gasteiger partial charge on any atom is -0.497 e. The van der Waals surface area contributed by atoms with Crippen LogP contribution in [0.25, 0.3) is 11.3 Å². The highest BCUT2D eigenvalue weighted by Crippen LogP contribution is 2.54. The van der Waals surface area contributed by atoms with E-state index in [1.54, 1.807) is 30.8 Å². The van der Waals surface area contributed by atoms with Crippen LogP contribution in [0.2, 0.25) is 0 Å². The Hall–Kier alpha value is -3.47. The number of likely N-dealkylation sites (tertiary alicyclic amines) is 1. The zero-order valence-corrected chi connectivity index (χ0v) is 17.1. The average molecular weight is 407 g/mol. The molecule has 2 fully saturated rings. The van der Waals surface area contributed by atoms with E-state index >= 15 is 0 Å². The van der Waals surface area contributed by atoms with Crippen molar-refractivity contribution < 1.29 is 14.3 Å². The van der Waals surface area contributed by atoms with E-state index in [4.69, 9.17) is 16.2 Å². The fraction of sp³-hybridized carbons (Fsp3) is 0.409. The van der Waals surface area contributed by atoms with Crippen LogP contribution in [0.5, 0.6) is 5.75 Å². The largest absolute Gasteiger partial charge is 0.497 e. The molecule has 0 atom stereocenters. The predicted molar refractivity (Wildman–Crippen MR) is 112 cm³/mol. The van der Waals surface area contributed by atoms with Gasteiger partial charge in [0.25, 0.3) is 11.8 Å². The van der Waals surface area contributed by atoms with Gasteiger partial charge in [0, 0.05) is 18.7 Å². The van der Waals surface area contributed by atoms with Gasteiger partial charge in [0.2, 0.25) is 0 Å². The Morgan fingerprint density at radius 2 is 1.97 bits per heavy atom. The molecule has 1 saturated carbocycles. The van der Waals surface area contributed by atoms with E-state index in [1.165, 1.54) is 0 Å². The van der Waals surface area contributed by atoms with Crippen molar-refractivity contribution in [1.82, 2.24) is 14.7 Å². The SMILES string of the molecule is CC#CC(=O)N1CC[C@]2(C1)C[C@H](n1nc(-c3ccc(OC)cc3)c(C(N)=O)c1N)C2. The average Bonchev–Trinajstić information content (AvgIpc) is 3.29. The molecule has 0 radical (unpaired) electrons. The van der Waals surface area contributed by atoms with Crippen molar-refractivity contribution in [2.24, 2.45) is 11.1 Å². The van der Waals surface area contributed by atoms with E-state index in [0.717, 1.165) is 31.4 Å². The third kappa shape index (κ3) is 3.26. The van der Waals surface area contributed by atoms with Gasteiger partial charge in [-0.25, -0.2) is 4.68 Å². The summed E-state index contributed by atoms with van der Waals surface area (Å²) < 4.78 is 6.92. The number of nitrogens with two attached hydrogens (primary N) is 2. The molecule has 30 heavy (non-hydrogen) atoms. The molecule has 1 saturated heterocycles. The Bertz CT molecular complexity index is 1050. The van der Waals surface area contributed by atoms with Crippen molar-refractivity contribution in [2.75, 3.05) is 25.9 Å². The predicted octanol–water partition coefficient (Wildman–Crippen LogP) is 1.82. The van der Waals surface area contributed by atoms with Crippen molar-refractivity contribution in [2.45, 2.75) is 32.2 Å². The van der Waals surface area contributed by atoms with Crippen LogP contribution in [-0.4, -0.2) is 46.7 Å². The Labute approximate surface area is 175 Å². The van der Waals surface area contributed by atoms with Crippen molar-refractivity contribution in [1.29, 1.82) is 0 Å². The molecule has 2 heterocycles. The molecule has 4 N–H and O–H groups in total. The molecule has 4 rings (SSSR count). The van der Waals surface area contributed by atoms with Gasteiger partial charge in [0.05, 0.1) is 13.2 Å². The van der Waals surface area contributed by atoms with Crippen LogP contribution in [0, 0.1) is 17.3 Å². The molecule has 156 valence electrons. The highest BCUT2D eigenvalue weighted by molar-refractivity contribution is 6.03. The zero-order chi connectivity index (χ0) is 21.5. The Morgan fingerprint density at radius 1 is 1.27 bits per heavy atom. The van der Waals surface area contributed by atoms with Crippen LogP contribution in [0.3, 0.4) is 0 Å². The first kappa shape index (κ1) is 19.8. The molecule has 1 spiro atoms. The van der Waals surface area contributed by atoms with Crippen LogP contribution in [0.4, 0.5) is 5.82 Å². The van der Waals surface area contributed by atoms with Gasteiger partial charge in [-0.05, 0) is 61.8 Å². The van der Waals surface area contributed by atoms with Crippen LogP contribution in [-0.2, 0) is 4.79 Å². The van der Waals surface area contributed by atoms with Crippen molar-refractivity contribution in [3.8, 4) is 28.8 Å². The van der Waals surface area contributed by atoms with E-state index in [0.29, 0.717) is 18.0 Å². The fourth-order valence-corrected chi connectivity index (χ4v) is 4.66. The zero-order valence-electron chi connectivity index (χ0n) is 17.1. The molecule has 2 aromatic rings. The number of nitrogen functional groups attached to an aromatic ring is 1. The summed E-state index contributed by atoms with van der Waals surface area (Å²) in [7, 11) is 1.59. The molecule has 1 aromatic heterocycles. The molecule has 8 nitrogen and oxygen atoms in total. The van der Waals surface area contributed by atoms with Gasteiger partial charge in [-0.3, -0.25) is 9.59 Å². The molecule has 0 unspecified atom stereocenters. The number of hydrogen-bond acceptors (Lipinski definition) is 5.